The fourth-order valence-corrected chi connectivity index (χ4v) is 4.34. The summed E-state index contributed by atoms with van der Waals surface area (Å²) in [5.74, 6) is 0.277. The number of benzene rings is 1. The monoisotopic (exact) mass is 304 g/mol. The van der Waals surface area contributed by atoms with E-state index in [1.807, 2.05) is 0 Å². The van der Waals surface area contributed by atoms with E-state index in [0.29, 0.717) is 11.3 Å². The molecule has 1 aromatic rings. The number of hydrogen-bond acceptors (Lipinski definition) is 4. The molecule has 0 radical (unpaired) electrons. The van der Waals surface area contributed by atoms with Crippen molar-refractivity contribution in [2.45, 2.75) is 31.7 Å². The van der Waals surface area contributed by atoms with E-state index in [9.17, 15) is 12.6 Å². The summed E-state index contributed by atoms with van der Waals surface area (Å²) in [6.45, 7) is 5.15. The fourth-order valence-electron chi connectivity index (χ4n) is 1.85. The minimum Gasteiger partial charge on any atom is -0.398 e. The van der Waals surface area contributed by atoms with Gasteiger partial charge in [0, 0.05) is 34.5 Å². The highest BCUT2D eigenvalue weighted by atomic mass is 32.2. The summed E-state index contributed by atoms with van der Waals surface area (Å²) >= 11 is 0. The highest BCUT2D eigenvalue weighted by Gasteiger charge is 2.21. The third kappa shape index (κ3) is 4.29. The van der Waals surface area contributed by atoms with Crippen molar-refractivity contribution in [1.82, 2.24) is 4.72 Å². The first kappa shape index (κ1) is 16.1. The van der Waals surface area contributed by atoms with Gasteiger partial charge in [0.25, 0.3) is 0 Å². The Labute approximate surface area is 117 Å². The number of nitrogens with two attached hydrogens (primary N) is 1. The number of nitrogen functional groups attached to an aromatic ring is 1. The molecule has 7 heteroatoms. The predicted octanol–water partition coefficient (Wildman–Crippen LogP) is 0.931. The van der Waals surface area contributed by atoms with Gasteiger partial charge < -0.3 is 5.73 Å². The van der Waals surface area contributed by atoms with Gasteiger partial charge in [0.05, 0.1) is 4.90 Å². The molecule has 0 amide bonds. The largest absolute Gasteiger partial charge is 0.398 e. The van der Waals surface area contributed by atoms with E-state index in [0.717, 1.165) is 5.56 Å². The smallest absolute Gasteiger partial charge is 0.241 e. The fraction of sp³-hybridized carbons (Fsp3) is 0.500. The topological polar surface area (TPSA) is 89.3 Å². The molecule has 5 nitrogen and oxygen atoms in total. The summed E-state index contributed by atoms with van der Waals surface area (Å²) in [5.41, 5.74) is 7.56. The molecule has 0 bridgehead atoms. The van der Waals surface area contributed by atoms with Crippen LogP contribution in [0, 0.1) is 13.8 Å². The van der Waals surface area contributed by atoms with E-state index in [4.69, 9.17) is 5.73 Å². The molecule has 0 heterocycles. The lowest BCUT2D eigenvalue weighted by atomic mass is 10.1. The van der Waals surface area contributed by atoms with Crippen LogP contribution in [0.25, 0.3) is 0 Å². The van der Waals surface area contributed by atoms with Gasteiger partial charge in [-0.15, -0.1) is 0 Å². The molecule has 0 spiro atoms. The zero-order valence-electron chi connectivity index (χ0n) is 11.6. The minimum absolute atomic E-state index is 0.179. The number of sulfonamides is 1. The Balaban J connectivity index is 3.11. The van der Waals surface area contributed by atoms with Gasteiger partial charge >= 0.3 is 0 Å². The first-order valence-corrected chi connectivity index (χ1v) is 9.03. The molecule has 108 valence electrons. The normalized spacial score (nSPS) is 15.2. The average molecular weight is 304 g/mol. The number of rotatable bonds is 5. The van der Waals surface area contributed by atoms with E-state index in [-0.39, 0.29) is 10.6 Å². The van der Waals surface area contributed by atoms with E-state index in [1.54, 1.807) is 39.2 Å². The zero-order valence-corrected chi connectivity index (χ0v) is 13.2. The molecule has 2 unspecified atom stereocenters. The van der Waals surface area contributed by atoms with Crippen molar-refractivity contribution >= 4 is 26.5 Å². The standard InChI is InChI=1S/C12H20N2O3S2/c1-8-5-11(13)10(3)12(6-8)19(16,17)14-9(2)7-18(4)15/h5-6,9,14H,7,13H2,1-4H3. The van der Waals surface area contributed by atoms with Crippen molar-refractivity contribution in [1.29, 1.82) is 0 Å². The van der Waals surface area contributed by atoms with Crippen molar-refractivity contribution in [3.05, 3.63) is 23.3 Å². The maximum absolute atomic E-state index is 12.3. The molecule has 0 aromatic heterocycles. The Bertz CT molecular complexity index is 597. The van der Waals surface area contributed by atoms with Crippen LogP contribution in [0.5, 0.6) is 0 Å². The van der Waals surface area contributed by atoms with E-state index in [2.05, 4.69) is 4.72 Å². The molecule has 19 heavy (non-hydrogen) atoms. The second-order valence-electron chi connectivity index (χ2n) is 4.74. The summed E-state index contributed by atoms with van der Waals surface area (Å²) in [6, 6.07) is 2.93. The van der Waals surface area contributed by atoms with Gasteiger partial charge in [-0.05, 0) is 44.0 Å². The molecule has 0 aliphatic carbocycles. The van der Waals surface area contributed by atoms with Crippen molar-refractivity contribution in [3.63, 3.8) is 0 Å². The van der Waals surface area contributed by atoms with Crippen LogP contribution in [-0.4, -0.2) is 30.7 Å². The first-order chi connectivity index (χ1) is 8.63. The maximum atomic E-state index is 12.3. The van der Waals surface area contributed by atoms with Crippen LogP contribution >= 0.6 is 0 Å². The predicted molar refractivity (Wildman–Crippen MR) is 79.0 cm³/mol. The molecule has 0 aliphatic rings. The van der Waals surface area contributed by atoms with Crippen LogP contribution in [0.1, 0.15) is 18.1 Å². The van der Waals surface area contributed by atoms with Crippen molar-refractivity contribution in [2.75, 3.05) is 17.7 Å². The third-order valence-electron chi connectivity index (χ3n) is 2.68. The number of anilines is 1. The summed E-state index contributed by atoms with van der Waals surface area (Å²) in [5, 5.41) is 0. The number of aryl methyl sites for hydroxylation is 1. The second kappa shape index (κ2) is 6.02. The van der Waals surface area contributed by atoms with Crippen LogP contribution in [0.4, 0.5) is 5.69 Å². The Morgan fingerprint density at radius 1 is 1.37 bits per heavy atom. The maximum Gasteiger partial charge on any atom is 0.241 e. The number of hydrogen-bond donors (Lipinski definition) is 2. The molecule has 0 fully saturated rings. The lowest BCUT2D eigenvalue weighted by Gasteiger charge is -2.16. The van der Waals surface area contributed by atoms with Gasteiger partial charge in [0.15, 0.2) is 0 Å². The average Bonchev–Trinajstić information content (AvgIpc) is 2.20. The Kier molecular flexibility index (Phi) is 5.11. The van der Waals surface area contributed by atoms with Gasteiger partial charge in [-0.3, -0.25) is 4.21 Å². The molecular formula is C12H20N2O3S2. The highest BCUT2D eigenvalue weighted by molar-refractivity contribution is 7.89. The molecule has 1 rings (SSSR count). The molecule has 0 saturated carbocycles. The van der Waals surface area contributed by atoms with Crippen molar-refractivity contribution < 1.29 is 12.6 Å². The van der Waals surface area contributed by atoms with Gasteiger partial charge in [0.2, 0.25) is 10.0 Å². The van der Waals surface area contributed by atoms with Crippen LogP contribution < -0.4 is 10.5 Å². The van der Waals surface area contributed by atoms with Gasteiger partial charge in [-0.25, -0.2) is 13.1 Å². The summed E-state index contributed by atoms with van der Waals surface area (Å²) in [6.07, 6.45) is 1.54. The number of nitrogens with one attached hydrogen (secondary N) is 1. The van der Waals surface area contributed by atoms with Crippen LogP contribution in [-0.2, 0) is 20.8 Å². The molecule has 3 N–H and O–H groups in total. The molecule has 1 aromatic carbocycles. The van der Waals surface area contributed by atoms with E-state index in [1.165, 1.54) is 0 Å². The van der Waals surface area contributed by atoms with Crippen molar-refractivity contribution in [3.8, 4) is 0 Å². The second-order valence-corrected chi connectivity index (χ2v) is 7.90. The Morgan fingerprint density at radius 3 is 2.47 bits per heavy atom. The van der Waals surface area contributed by atoms with Gasteiger partial charge in [0.1, 0.15) is 0 Å². The van der Waals surface area contributed by atoms with E-state index >= 15 is 0 Å². The van der Waals surface area contributed by atoms with Crippen molar-refractivity contribution in [2.24, 2.45) is 0 Å². The van der Waals surface area contributed by atoms with Crippen LogP contribution in [0.15, 0.2) is 17.0 Å². The molecule has 0 aliphatic heterocycles. The lowest BCUT2D eigenvalue weighted by molar-refractivity contribution is 0.569. The SMILES string of the molecule is Cc1cc(N)c(C)c(S(=O)(=O)NC(C)CS(C)=O)c1. The summed E-state index contributed by atoms with van der Waals surface area (Å²) in [7, 11) is -4.70. The van der Waals surface area contributed by atoms with Gasteiger partial charge in [-0.1, -0.05) is 0 Å². The Morgan fingerprint density at radius 2 is 1.95 bits per heavy atom. The minimum atomic E-state index is -3.65. The first-order valence-electron chi connectivity index (χ1n) is 5.82. The van der Waals surface area contributed by atoms with Crippen LogP contribution in [0.2, 0.25) is 0 Å². The molecule has 0 saturated heterocycles. The van der Waals surface area contributed by atoms with Crippen LogP contribution in [0.3, 0.4) is 0 Å². The highest BCUT2D eigenvalue weighted by Crippen LogP contribution is 2.23. The molecule has 2 atom stereocenters. The quantitative estimate of drug-likeness (QED) is 0.792. The van der Waals surface area contributed by atoms with E-state index < -0.39 is 26.9 Å². The third-order valence-corrected chi connectivity index (χ3v) is 5.36. The molecular weight excluding hydrogens is 284 g/mol. The zero-order chi connectivity index (χ0) is 14.8. The summed E-state index contributed by atoms with van der Waals surface area (Å²) in [4.78, 5) is 0.179. The Hall–Kier alpha value is -0.920. The lowest BCUT2D eigenvalue weighted by Crippen LogP contribution is -2.36. The summed E-state index contributed by atoms with van der Waals surface area (Å²) < 4.78 is 38.2. The van der Waals surface area contributed by atoms with Gasteiger partial charge in [-0.2, -0.15) is 0 Å².